The number of esters is 1. The molecule has 1 heterocycles. The molecule has 0 fully saturated rings. The molecule has 9 nitrogen and oxygen atoms in total. The number of hydrogen-bond donors (Lipinski definition) is 1. The second-order valence-electron chi connectivity index (χ2n) is 5.31. The van der Waals surface area contributed by atoms with E-state index in [1.54, 1.807) is 0 Å². The minimum Gasteiger partial charge on any atom is -0.494 e. The van der Waals surface area contributed by atoms with Gasteiger partial charge in [-0.25, -0.2) is 14.0 Å². The van der Waals surface area contributed by atoms with E-state index in [0.29, 0.717) is 4.57 Å². The van der Waals surface area contributed by atoms with Crippen LogP contribution in [0.15, 0.2) is 27.8 Å². The third-order valence-electron chi connectivity index (χ3n) is 3.71. The molecule has 0 bridgehead atoms. The highest BCUT2D eigenvalue weighted by molar-refractivity contribution is 6.02. The number of nitrogens with two attached hydrogens (primary N) is 1. The van der Waals surface area contributed by atoms with E-state index < -0.39 is 41.0 Å². The molecule has 1 aromatic carbocycles. The molecule has 0 amide bonds. The number of carbonyl (C=O) groups excluding carboxylic acids is 2. The first-order valence-electron chi connectivity index (χ1n) is 7.28. The topological polar surface area (TPSA) is 123 Å². The molecule has 0 aliphatic heterocycles. The van der Waals surface area contributed by atoms with Crippen LogP contribution in [0.4, 0.5) is 10.2 Å². The van der Waals surface area contributed by atoms with Crippen LogP contribution in [-0.4, -0.2) is 34.6 Å². The summed E-state index contributed by atoms with van der Waals surface area (Å²) >= 11 is 0. The molecular weight excluding hydrogens is 349 g/mol. The summed E-state index contributed by atoms with van der Waals surface area (Å²) in [6.45, 7) is -0.801. The van der Waals surface area contributed by atoms with Crippen molar-refractivity contribution in [3.8, 4) is 5.75 Å². The molecule has 2 N–H and O–H groups in total. The summed E-state index contributed by atoms with van der Waals surface area (Å²) in [6, 6.07) is 3.38. The lowest BCUT2D eigenvalue weighted by Gasteiger charge is -2.11. The van der Waals surface area contributed by atoms with Gasteiger partial charge in [0.15, 0.2) is 18.2 Å². The van der Waals surface area contributed by atoms with E-state index in [1.807, 2.05) is 0 Å². The predicted octanol–water partition coefficient (Wildman–Crippen LogP) is -0.146. The number of ketones is 1. The van der Waals surface area contributed by atoms with Crippen molar-refractivity contribution in [2.45, 2.75) is 0 Å². The van der Waals surface area contributed by atoms with Crippen molar-refractivity contribution in [1.82, 2.24) is 9.13 Å². The summed E-state index contributed by atoms with van der Waals surface area (Å²) in [4.78, 5) is 48.0. The third kappa shape index (κ3) is 3.34. The van der Waals surface area contributed by atoms with E-state index >= 15 is 0 Å². The van der Waals surface area contributed by atoms with Crippen molar-refractivity contribution in [3.05, 3.63) is 56.0 Å². The van der Waals surface area contributed by atoms with E-state index in [4.69, 9.17) is 15.2 Å². The van der Waals surface area contributed by atoms with Crippen molar-refractivity contribution >= 4 is 17.6 Å². The Kier molecular flexibility index (Phi) is 5.24. The fraction of sp³-hybridized carbons (Fsp3) is 0.250. The van der Waals surface area contributed by atoms with Crippen molar-refractivity contribution in [3.63, 3.8) is 0 Å². The van der Waals surface area contributed by atoms with Gasteiger partial charge in [0.25, 0.3) is 5.56 Å². The van der Waals surface area contributed by atoms with Crippen LogP contribution < -0.4 is 21.7 Å². The number of hydrogen-bond acceptors (Lipinski definition) is 7. The molecule has 0 unspecified atom stereocenters. The summed E-state index contributed by atoms with van der Waals surface area (Å²) < 4.78 is 24.8. The maximum absolute atomic E-state index is 13.6. The van der Waals surface area contributed by atoms with Crippen molar-refractivity contribution in [2.75, 3.05) is 19.5 Å². The fourth-order valence-electron chi connectivity index (χ4n) is 2.20. The summed E-state index contributed by atoms with van der Waals surface area (Å²) in [5.41, 5.74) is 3.44. The Bertz CT molecular complexity index is 1010. The summed E-state index contributed by atoms with van der Waals surface area (Å²) in [7, 11) is 3.75. The molecule has 2 rings (SSSR count). The van der Waals surface area contributed by atoms with Gasteiger partial charge >= 0.3 is 11.7 Å². The van der Waals surface area contributed by atoms with Gasteiger partial charge < -0.3 is 15.2 Å². The van der Waals surface area contributed by atoms with Gasteiger partial charge in [0.05, 0.1) is 12.7 Å². The highest BCUT2D eigenvalue weighted by atomic mass is 19.1. The zero-order chi connectivity index (χ0) is 19.6. The number of halogens is 1. The molecule has 10 heteroatoms. The maximum Gasteiger partial charge on any atom is 0.338 e. The Morgan fingerprint density at radius 2 is 1.85 bits per heavy atom. The number of aromatic nitrogens is 2. The minimum absolute atomic E-state index is 0.0564. The molecule has 0 saturated heterocycles. The maximum atomic E-state index is 13.6. The van der Waals surface area contributed by atoms with E-state index in [1.165, 1.54) is 33.3 Å². The largest absolute Gasteiger partial charge is 0.494 e. The van der Waals surface area contributed by atoms with Crippen molar-refractivity contribution < 1.29 is 23.5 Å². The van der Waals surface area contributed by atoms with Gasteiger partial charge in [-0.2, -0.15) is 0 Å². The predicted molar refractivity (Wildman–Crippen MR) is 88.9 cm³/mol. The third-order valence-corrected chi connectivity index (χ3v) is 3.71. The average molecular weight is 365 g/mol. The number of benzene rings is 1. The number of carbonyl (C=O) groups is 2. The van der Waals surface area contributed by atoms with E-state index in [-0.39, 0.29) is 17.1 Å². The quantitative estimate of drug-likeness (QED) is 0.577. The van der Waals surface area contributed by atoms with Crippen LogP contribution in [0.3, 0.4) is 0 Å². The van der Waals surface area contributed by atoms with Crippen LogP contribution >= 0.6 is 0 Å². The van der Waals surface area contributed by atoms with Gasteiger partial charge in [-0.1, -0.05) is 0 Å². The number of nitrogens with zero attached hydrogens (tertiary/aromatic N) is 2. The lowest BCUT2D eigenvalue weighted by molar-refractivity contribution is 0.0473. The number of Topliss-reactive ketones (excluding diaryl/α,β-unsaturated/α-hetero) is 1. The molecule has 26 heavy (non-hydrogen) atoms. The number of methoxy groups -OCH3 is 1. The first-order chi connectivity index (χ1) is 12.2. The van der Waals surface area contributed by atoms with Gasteiger partial charge in [0, 0.05) is 14.1 Å². The zero-order valence-electron chi connectivity index (χ0n) is 14.2. The van der Waals surface area contributed by atoms with E-state index in [0.717, 1.165) is 10.6 Å². The second-order valence-corrected chi connectivity index (χ2v) is 5.31. The van der Waals surface area contributed by atoms with Crippen LogP contribution in [0, 0.1) is 5.82 Å². The molecule has 2 aromatic rings. The second kappa shape index (κ2) is 7.21. The smallest absolute Gasteiger partial charge is 0.338 e. The molecule has 1 aromatic heterocycles. The molecule has 0 saturated carbocycles. The van der Waals surface area contributed by atoms with Gasteiger partial charge in [-0.05, 0) is 18.2 Å². The Morgan fingerprint density at radius 3 is 2.42 bits per heavy atom. The average Bonchev–Trinajstić information content (AvgIpc) is 2.62. The van der Waals surface area contributed by atoms with Gasteiger partial charge in [0.2, 0.25) is 5.78 Å². The Morgan fingerprint density at radius 1 is 1.19 bits per heavy atom. The lowest BCUT2D eigenvalue weighted by atomic mass is 10.2. The van der Waals surface area contributed by atoms with Gasteiger partial charge in [-0.3, -0.25) is 18.7 Å². The summed E-state index contributed by atoms with van der Waals surface area (Å²) in [6.07, 6.45) is 0. The Labute approximate surface area is 146 Å². The van der Waals surface area contributed by atoms with Crippen LogP contribution in [0.2, 0.25) is 0 Å². The molecule has 0 radical (unpaired) electrons. The zero-order valence-corrected chi connectivity index (χ0v) is 14.2. The highest BCUT2D eigenvalue weighted by Crippen LogP contribution is 2.18. The van der Waals surface area contributed by atoms with Crippen LogP contribution in [0.1, 0.15) is 20.7 Å². The Balaban J connectivity index is 2.22. The first kappa shape index (κ1) is 18.9. The van der Waals surface area contributed by atoms with E-state index in [2.05, 4.69) is 0 Å². The number of rotatable bonds is 5. The number of anilines is 1. The SMILES string of the molecule is COc1ccc(C(=O)OCC(=O)c2c(N)n(C)c(=O)n(C)c2=O)cc1F. The molecule has 0 atom stereocenters. The minimum atomic E-state index is -0.972. The highest BCUT2D eigenvalue weighted by Gasteiger charge is 2.22. The summed E-state index contributed by atoms with van der Waals surface area (Å²) in [5.74, 6) is -3.03. The lowest BCUT2D eigenvalue weighted by Crippen LogP contribution is -2.42. The number of nitrogen functional groups attached to an aromatic ring is 1. The molecule has 0 aliphatic rings. The normalized spacial score (nSPS) is 10.5. The van der Waals surface area contributed by atoms with Crippen LogP contribution in [0.25, 0.3) is 0 Å². The van der Waals surface area contributed by atoms with E-state index in [9.17, 15) is 23.6 Å². The molecule has 0 spiro atoms. The Hall–Kier alpha value is -3.43. The van der Waals surface area contributed by atoms with Crippen LogP contribution in [0.5, 0.6) is 5.75 Å². The molecule has 138 valence electrons. The number of ether oxygens (including phenoxy) is 2. The summed E-state index contributed by atoms with van der Waals surface area (Å²) in [5, 5.41) is 0. The van der Waals surface area contributed by atoms with Crippen LogP contribution in [-0.2, 0) is 18.8 Å². The van der Waals surface area contributed by atoms with Gasteiger partial charge in [0.1, 0.15) is 11.4 Å². The van der Waals surface area contributed by atoms with Crippen molar-refractivity contribution in [1.29, 1.82) is 0 Å². The fourth-order valence-corrected chi connectivity index (χ4v) is 2.20. The monoisotopic (exact) mass is 365 g/mol. The molecular formula is C16H16FN3O6. The standard InChI is InChI=1S/C16H16FN3O6/c1-19-13(18)12(14(22)20(2)16(19)24)10(21)7-26-15(23)8-4-5-11(25-3)9(17)6-8/h4-6H,7,18H2,1-3H3. The van der Waals surface area contributed by atoms with Gasteiger partial charge in [-0.15, -0.1) is 0 Å². The van der Waals surface area contributed by atoms with Crippen molar-refractivity contribution in [2.24, 2.45) is 14.1 Å². The first-order valence-corrected chi connectivity index (χ1v) is 7.28. The molecule has 0 aliphatic carbocycles.